The van der Waals surface area contributed by atoms with E-state index in [1.54, 1.807) is 12.4 Å². The number of carbonyl (C=O) groups excluding carboxylic acids is 1. The monoisotopic (exact) mass is 233 g/mol. The molecule has 2 rings (SSSR count). The summed E-state index contributed by atoms with van der Waals surface area (Å²) in [5.74, 6) is 0.821. The molecule has 0 atom stereocenters. The molecule has 1 aliphatic carbocycles. The normalized spacial score (nSPS) is 28.9. The van der Waals surface area contributed by atoms with Crippen LogP contribution in [-0.4, -0.2) is 22.3 Å². The van der Waals surface area contributed by atoms with Crippen molar-refractivity contribution in [2.75, 3.05) is 6.54 Å². The van der Waals surface area contributed by atoms with Gasteiger partial charge in [-0.25, -0.2) is 9.97 Å². The first-order valence-electron chi connectivity index (χ1n) is 6.18. The minimum atomic E-state index is -0.378. The van der Waals surface area contributed by atoms with Gasteiger partial charge in [0.1, 0.15) is 6.33 Å². The molecule has 1 heterocycles. The molecule has 4 heteroatoms. The first-order chi connectivity index (χ1) is 8.18. The Bertz CT molecular complexity index is 383. The van der Waals surface area contributed by atoms with Crippen molar-refractivity contribution >= 4 is 5.78 Å². The molecule has 17 heavy (non-hydrogen) atoms. The van der Waals surface area contributed by atoms with Crippen molar-refractivity contribution in [3.8, 4) is 0 Å². The van der Waals surface area contributed by atoms with Gasteiger partial charge in [0.2, 0.25) is 0 Å². The Morgan fingerprint density at radius 2 is 2.00 bits per heavy atom. The van der Waals surface area contributed by atoms with Gasteiger partial charge in [0.25, 0.3) is 0 Å². The highest BCUT2D eigenvalue weighted by molar-refractivity contribution is 6.00. The molecule has 1 fully saturated rings. The molecule has 1 aromatic heterocycles. The Kier molecular flexibility index (Phi) is 3.52. The Balaban J connectivity index is 2.21. The fourth-order valence-electron chi connectivity index (χ4n) is 2.56. The summed E-state index contributed by atoms with van der Waals surface area (Å²) >= 11 is 0. The second-order valence-electron chi connectivity index (χ2n) is 5.12. The molecule has 0 aliphatic heterocycles. The highest BCUT2D eigenvalue weighted by atomic mass is 16.1. The van der Waals surface area contributed by atoms with Crippen molar-refractivity contribution in [3.05, 3.63) is 24.3 Å². The van der Waals surface area contributed by atoms with E-state index in [9.17, 15) is 4.79 Å². The standard InChI is InChI=1S/C13H19N3O/c1-10-2-4-13(8-14,5-3-10)12(17)11-6-15-9-16-7-11/h6-7,9-10H,2-5,8,14H2,1H3. The molecule has 1 aromatic rings. The number of nitrogens with two attached hydrogens (primary N) is 1. The molecule has 0 unspecified atom stereocenters. The summed E-state index contributed by atoms with van der Waals surface area (Å²) in [6, 6.07) is 0. The van der Waals surface area contributed by atoms with Crippen molar-refractivity contribution in [1.29, 1.82) is 0 Å². The fraction of sp³-hybridized carbons (Fsp3) is 0.615. The van der Waals surface area contributed by atoms with Crippen LogP contribution in [0, 0.1) is 11.3 Å². The molecule has 0 amide bonds. The largest absolute Gasteiger partial charge is 0.329 e. The van der Waals surface area contributed by atoms with Crippen LogP contribution in [0.5, 0.6) is 0 Å². The number of hydrogen-bond acceptors (Lipinski definition) is 4. The van der Waals surface area contributed by atoms with Crippen LogP contribution in [0.25, 0.3) is 0 Å². The zero-order valence-corrected chi connectivity index (χ0v) is 10.2. The van der Waals surface area contributed by atoms with Gasteiger partial charge in [-0.15, -0.1) is 0 Å². The Labute approximate surface area is 102 Å². The van der Waals surface area contributed by atoms with Gasteiger partial charge in [0.05, 0.1) is 5.56 Å². The van der Waals surface area contributed by atoms with E-state index in [2.05, 4.69) is 16.9 Å². The maximum absolute atomic E-state index is 12.5. The molecule has 92 valence electrons. The SMILES string of the molecule is CC1CCC(CN)(C(=O)c2cncnc2)CC1. The van der Waals surface area contributed by atoms with Gasteiger partial charge in [-0.1, -0.05) is 6.92 Å². The van der Waals surface area contributed by atoms with E-state index < -0.39 is 0 Å². The number of Topliss-reactive ketones (excluding diaryl/α,β-unsaturated/α-hetero) is 1. The lowest BCUT2D eigenvalue weighted by Crippen LogP contribution is -2.41. The number of nitrogens with zero attached hydrogens (tertiary/aromatic N) is 2. The van der Waals surface area contributed by atoms with Gasteiger partial charge in [-0.05, 0) is 31.6 Å². The van der Waals surface area contributed by atoms with Crippen LogP contribution in [0.3, 0.4) is 0 Å². The van der Waals surface area contributed by atoms with Crippen LogP contribution < -0.4 is 5.73 Å². The molecule has 0 bridgehead atoms. The zero-order chi connectivity index (χ0) is 12.3. The van der Waals surface area contributed by atoms with Crippen molar-refractivity contribution in [2.24, 2.45) is 17.1 Å². The predicted octanol–water partition coefficient (Wildman–Crippen LogP) is 1.81. The van der Waals surface area contributed by atoms with E-state index >= 15 is 0 Å². The summed E-state index contributed by atoms with van der Waals surface area (Å²) < 4.78 is 0. The van der Waals surface area contributed by atoms with Crippen molar-refractivity contribution in [3.63, 3.8) is 0 Å². The summed E-state index contributed by atoms with van der Waals surface area (Å²) in [4.78, 5) is 20.3. The molecule has 4 nitrogen and oxygen atoms in total. The minimum Gasteiger partial charge on any atom is -0.329 e. The summed E-state index contributed by atoms with van der Waals surface area (Å²) in [5.41, 5.74) is 6.07. The average molecular weight is 233 g/mol. The first-order valence-corrected chi connectivity index (χ1v) is 6.18. The van der Waals surface area contributed by atoms with Crippen LogP contribution in [0.1, 0.15) is 43.0 Å². The molecule has 2 N–H and O–H groups in total. The average Bonchev–Trinajstić information content (AvgIpc) is 2.40. The van der Waals surface area contributed by atoms with Crippen LogP contribution in [0.15, 0.2) is 18.7 Å². The molecule has 0 aromatic carbocycles. The van der Waals surface area contributed by atoms with E-state index in [4.69, 9.17) is 5.73 Å². The number of rotatable bonds is 3. The van der Waals surface area contributed by atoms with Crippen LogP contribution in [0.2, 0.25) is 0 Å². The summed E-state index contributed by atoms with van der Waals surface area (Å²) in [6.45, 7) is 2.66. The second-order valence-corrected chi connectivity index (χ2v) is 5.12. The molecular weight excluding hydrogens is 214 g/mol. The summed E-state index contributed by atoms with van der Waals surface area (Å²) in [7, 11) is 0. The smallest absolute Gasteiger partial charge is 0.173 e. The molecular formula is C13H19N3O. The summed E-state index contributed by atoms with van der Waals surface area (Å²) in [6.07, 6.45) is 8.55. The lowest BCUT2D eigenvalue weighted by molar-refractivity contribution is 0.0694. The highest BCUT2D eigenvalue weighted by Crippen LogP contribution is 2.40. The number of ketones is 1. The van der Waals surface area contributed by atoms with Crippen LogP contribution >= 0.6 is 0 Å². The number of carbonyl (C=O) groups is 1. The van der Waals surface area contributed by atoms with Gasteiger partial charge in [-0.2, -0.15) is 0 Å². The van der Waals surface area contributed by atoms with Crippen molar-refractivity contribution in [1.82, 2.24) is 9.97 Å². The molecule has 0 spiro atoms. The third kappa shape index (κ3) is 2.36. The third-order valence-electron chi connectivity index (χ3n) is 3.93. The Morgan fingerprint density at radius 3 is 2.53 bits per heavy atom. The van der Waals surface area contributed by atoms with E-state index in [-0.39, 0.29) is 11.2 Å². The van der Waals surface area contributed by atoms with E-state index in [0.717, 1.165) is 25.7 Å². The van der Waals surface area contributed by atoms with Crippen LogP contribution in [0.4, 0.5) is 0 Å². The maximum Gasteiger partial charge on any atom is 0.173 e. The zero-order valence-electron chi connectivity index (χ0n) is 10.2. The molecule has 0 saturated heterocycles. The highest BCUT2D eigenvalue weighted by Gasteiger charge is 2.40. The fourth-order valence-corrected chi connectivity index (χ4v) is 2.56. The lowest BCUT2D eigenvalue weighted by Gasteiger charge is -2.37. The van der Waals surface area contributed by atoms with Gasteiger partial charge >= 0.3 is 0 Å². The van der Waals surface area contributed by atoms with Gasteiger partial charge in [0, 0.05) is 24.4 Å². The second kappa shape index (κ2) is 4.92. The van der Waals surface area contributed by atoms with Gasteiger partial charge in [0.15, 0.2) is 5.78 Å². The first kappa shape index (κ1) is 12.2. The van der Waals surface area contributed by atoms with E-state index in [1.165, 1.54) is 6.33 Å². The van der Waals surface area contributed by atoms with Gasteiger partial charge < -0.3 is 5.73 Å². The maximum atomic E-state index is 12.5. The van der Waals surface area contributed by atoms with E-state index in [1.807, 2.05) is 0 Å². The van der Waals surface area contributed by atoms with Crippen molar-refractivity contribution in [2.45, 2.75) is 32.6 Å². The quantitative estimate of drug-likeness (QED) is 0.808. The number of aromatic nitrogens is 2. The number of hydrogen-bond donors (Lipinski definition) is 1. The minimum absolute atomic E-state index is 0.118. The molecule has 0 radical (unpaired) electrons. The topological polar surface area (TPSA) is 68.9 Å². The Hall–Kier alpha value is -1.29. The Morgan fingerprint density at radius 1 is 1.41 bits per heavy atom. The van der Waals surface area contributed by atoms with Crippen molar-refractivity contribution < 1.29 is 4.79 Å². The van der Waals surface area contributed by atoms with Gasteiger partial charge in [-0.3, -0.25) is 4.79 Å². The molecule has 1 aliphatic rings. The van der Waals surface area contributed by atoms with E-state index in [0.29, 0.717) is 18.0 Å². The van der Waals surface area contributed by atoms with Crippen LogP contribution in [-0.2, 0) is 0 Å². The lowest BCUT2D eigenvalue weighted by atomic mass is 9.67. The predicted molar refractivity (Wildman–Crippen MR) is 65.5 cm³/mol. The summed E-state index contributed by atoms with van der Waals surface area (Å²) in [5, 5.41) is 0. The molecule has 1 saturated carbocycles. The third-order valence-corrected chi connectivity index (χ3v) is 3.93.